The molecular weight excluding hydrogens is 340 g/mol. The monoisotopic (exact) mass is 364 g/mol. The lowest BCUT2D eigenvalue weighted by molar-refractivity contribution is 0.0922. The summed E-state index contributed by atoms with van der Waals surface area (Å²) in [6.45, 7) is 0.320. The third-order valence-electron chi connectivity index (χ3n) is 5.13. The highest BCUT2D eigenvalue weighted by Crippen LogP contribution is 2.27. The lowest BCUT2D eigenvalue weighted by atomic mass is 9.96. The normalized spacial score (nSPS) is 16.1. The fourth-order valence-electron chi connectivity index (χ4n) is 3.78. The molecule has 0 radical (unpaired) electrons. The average molecular weight is 364 g/mol. The van der Waals surface area contributed by atoms with E-state index in [1.54, 1.807) is 17.9 Å². The van der Waals surface area contributed by atoms with Gasteiger partial charge in [0, 0.05) is 24.3 Å². The zero-order chi connectivity index (χ0) is 18.6. The molecule has 5 heteroatoms. The summed E-state index contributed by atoms with van der Waals surface area (Å²) in [5.41, 5.74) is 2.14. The number of fused-ring (bicyclic) bond motifs is 1. The van der Waals surface area contributed by atoms with E-state index in [1.165, 1.54) is 19.3 Å². The van der Waals surface area contributed by atoms with Gasteiger partial charge < -0.3 is 9.15 Å². The molecule has 0 atom stereocenters. The van der Waals surface area contributed by atoms with Crippen molar-refractivity contribution in [2.75, 3.05) is 7.11 Å². The summed E-state index contributed by atoms with van der Waals surface area (Å²) in [6.07, 6.45) is 7.62. The van der Waals surface area contributed by atoms with Crippen molar-refractivity contribution in [2.45, 2.75) is 44.8 Å². The van der Waals surface area contributed by atoms with Crippen LogP contribution in [0.3, 0.4) is 0 Å². The number of furan rings is 1. The minimum absolute atomic E-state index is 0.214. The van der Waals surface area contributed by atoms with Crippen molar-refractivity contribution in [3.63, 3.8) is 0 Å². The molecule has 1 aliphatic carbocycles. The van der Waals surface area contributed by atoms with Crippen LogP contribution in [0.25, 0.3) is 11.0 Å². The van der Waals surface area contributed by atoms with Crippen LogP contribution in [0.1, 0.15) is 48.2 Å². The van der Waals surface area contributed by atoms with E-state index >= 15 is 0 Å². The van der Waals surface area contributed by atoms with Gasteiger partial charge in [0.05, 0.1) is 12.6 Å². The number of ether oxygens (including phenoxy) is 1. The van der Waals surface area contributed by atoms with Crippen molar-refractivity contribution < 1.29 is 13.9 Å². The number of carbonyl (C=O) groups is 1. The Balaban J connectivity index is 1.79. The first-order valence-corrected chi connectivity index (χ1v) is 9.53. The standard InChI is InChI=1S/C22H24N2O3/c1-26-15-18-17-11-5-6-12-19(17)27-21(18)22(25)24-14-8-7-13-20(24)23-16-9-3-2-4-10-16/h5-8,11-14,16H,2-4,9-10,15H2,1H3. The molecule has 4 rings (SSSR count). The number of aromatic nitrogens is 1. The molecule has 3 aromatic rings. The molecule has 2 aromatic heterocycles. The first-order valence-electron chi connectivity index (χ1n) is 9.53. The molecule has 0 aliphatic heterocycles. The molecule has 0 unspecified atom stereocenters. The summed E-state index contributed by atoms with van der Waals surface area (Å²) in [5, 5.41) is 0.907. The number of hydrogen-bond donors (Lipinski definition) is 0. The molecule has 0 N–H and O–H groups in total. The van der Waals surface area contributed by atoms with E-state index in [2.05, 4.69) is 0 Å². The average Bonchev–Trinajstić information content (AvgIpc) is 3.08. The number of carbonyl (C=O) groups excluding carboxylic acids is 1. The molecule has 1 saturated carbocycles. The highest BCUT2D eigenvalue weighted by atomic mass is 16.5. The largest absolute Gasteiger partial charge is 0.450 e. The van der Waals surface area contributed by atoms with E-state index in [9.17, 15) is 4.79 Å². The van der Waals surface area contributed by atoms with Crippen LogP contribution in [0.4, 0.5) is 0 Å². The van der Waals surface area contributed by atoms with Gasteiger partial charge in [0.1, 0.15) is 11.1 Å². The quantitative estimate of drug-likeness (QED) is 0.693. The second kappa shape index (κ2) is 7.92. The molecule has 0 bridgehead atoms. The van der Waals surface area contributed by atoms with Crippen molar-refractivity contribution in [1.29, 1.82) is 0 Å². The van der Waals surface area contributed by atoms with E-state index in [1.807, 2.05) is 42.5 Å². The van der Waals surface area contributed by atoms with Gasteiger partial charge in [-0.05, 0) is 31.0 Å². The number of methoxy groups -OCH3 is 1. The Hall–Kier alpha value is -2.66. The van der Waals surface area contributed by atoms with Gasteiger partial charge in [0.15, 0.2) is 5.76 Å². The van der Waals surface area contributed by atoms with Crippen LogP contribution in [0.2, 0.25) is 0 Å². The number of rotatable bonds is 4. The molecule has 0 spiro atoms. The summed E-state index contributed by atoms with van der Waals surface area (Å²) in [7, 11) is 1.62. The Kier molecular flexibility index (Phi) is 5.21. The van der Waals surface area contributed by atoms with Gasteiger partial charge in [0.2, 0.25) is 0 Å². The second-order valence-corrected chi connectivity index (χ2v) is 6.99. The topological polar surface area (TPSA) is 56.7 Å². The van der Waals surface area contributed by atoms with Gasteiger partial charge in [-0.2, -0.15) is 0 Å². The summed E-state index contributed by atoms with van der Waals surface area (Å²) in [4.78, 5) is 18.2. The van der Waals surface area contributed by atoms with Gasteiger partial charge in [-0.15, -0.1) is 0 Å². The van der Waals surface area contributed by atoms with Crippen LogP contribution in [-0.2, 0) is 11.3 Å². The Morgan fingerprint density at radius 1 is 1.15 bits per heavy atom. The van der Waals surface area contributed by atoms with Gasteiger partial charge in [-0.1, -0.05) is 43.5 Å². The van der Waals surface area contributed by atoms with Crippen LogP contribution in [0.15, 0.2) is 58.1 Å². The van der Waals surface area contributed by atoms with Crippen LogP contribution < -0.4 is 5.49 Å². The Morgan fingerprint density at radius 2 is 1.93 bits per heavy atom. The van der Waals surface area contributed by atoms with Crippen molar-refractivity contribution >= 4 is 16.9 Å². The molecule has 27 heavy (non-hydrogen) atoms. The molecule has 0 amide bonds. The third kappa shape index (κ3) is 3.60. The van der Waals surface area contributed by atoms with Crippen molar-refractivity contribution in [3.8, 4) is 0 Å². The van der Waals surface area contributed by atoms with E-state index in [0.29, 0.717) is 23.4 Å². The predicted octanol–water partition coefficient (Wildman–Crippen LogP) is 4.30. The van der Waals surface area contributed by atoms with Gasteiger partial charge in [-0.25, -0.2) is 0 Å². The zero-order valence-electron chi connectivity index (χ0n) is 15.6. The smallest absolute Gasteiger partial charge is 0.299 e. The molecule has 0 saturated heterocycles. The van der Waals surface area contributed by atoms with Crippen molar-refractivity contribution in [3.05, 3.63) is 65.5 Å². The van der Waals surface area contributed by atoms with Crippen LogP contribution >= 0.6 is 0 Å². The van der Waals surface area contributed by atoms with Crippen molar-refractivity contribution in [1.82, 2.24) is 4.57 Å². The SMILES string of the molecule is COCc1c(C(=O)n2ccccc2=NC2CCCCC2)oc2ccccc12. The van der Waals surface area contributed by atoms with Crippen LogP contribution in [-0.4, -0.2) is 23.6 Å². The minimum atomic E-state index is -0.214. The highest BCUT2D eigenvalue weighted by Gasteiger charge is 2.22. The first kappa shape index (κ1) is 17.7. The maximum atomic E-state index is 13.3. The molecular formula is C22H24N2O3. The number of nitrogens with zero attached hydrogens (tertiary/aromatic N) is 2. The van der Waals surface area contributed by atoms with Gasteiger partial charge in [-0.3, -0.25) is 14.4 Å². The predicted molar refractivity (Wildman–Crippen MR) is 104 cm³/mol. The maximum absolute atomic E-state index is 13.3. The summed E-state index contributed by atoms with van der Waals surface area (Å²) in [6, 6.07) is 13.6. The number of pyridine rings is 1. The molecule has 2 heterocycles. The third-order valence-corrected chi connectivity index (χ3v) is 5.13. The molecule has 5 nitrogen and oxygen atoms in total. The zero-order valence-corrected chi connectivity index (χ0v) is 15.6. The van der Waals surface area contributed by atoms with E-state index in [4.69, 9.17) is 14.1 Å². The minimum Gasteiger partial charge on any atom is -0.450 e. The second-order valence-electron chi connectivity index (χ2n) is 6.99. The summed E-state index contributed by atoms with van der Waals surface area (Å²) >= 11 is 0. The van der Waals surface area contributed by atoms with E-state index in [-0.39, 0.29) is 11.9 Å². The van der Waals surface area contributed by atoms with E-state index < -0.39 is 0 Å². The Morgan fingerprint density at radius 3 is 2.74 bits per heavy atom. The molecule has 1 aliphatic rings. The number of benzene rings is 1. The summed E-state index contributed by atoms with van der Waals surface area (Å²) < 4.78 is 12.8. The fraction of sp³-hybridized carbons (Fsp3) is 0.364. The Bertz CT molecular complexity index is 1010. The number of hydrogen-bond acceptors (Lipinski definition) is 4. The van der Waals surface area contributed by atoms with E-state index in [0.717, 1.165) is 23.8 Å². The summed E-state index contributed by atoms with van der Waals surface area (Å²) in [5.74, 6) is 0.0998. The van der Waals surface area contributed by atoms with Crippen LogP contribution in [0.5, 0.6) is 0 Å². The lowest BCUT2D eigenvalue weighted by Gasteiger charge is -2.17. The first-order chi connectivity index (χ1) is 13.3. The maximum Gasteiger partial charge on any atom is 0.299 e. The number of para-hydroxylation sites is 1. The Labute approximate surface area is 158 Å². The lowest BCUT2D eigenvalue weighted by Crippen LogP contribution is -2.29. The molecule has 140 valence electrons. The van der Waals surface area contributed by atoms with Crippen LogP contribution in [0, 0.1) is 0 Å². The van der Waals surface area contributed by atoms with Crippen molar-refractivity contribution in [2.24, 2.45) is 4.99 Å². The van der Waals surface area contributed by atoms with Gasteiger partial charge >= 0.3 is 0 Å². The highest BCUT2D eigenvalue weighted by molar-refractivity contribution is 6.00. The van der Waals surface area contributed by atoms with Gasteiger partial charge in [0.25, 0.3) is 5.91 Å². The fourth-order valence-corrected chi connectivity index (χ4v) is 3.78. The molecule has 1 fully saturated rings. The molecule has 1 aromatic carbocycles.